The van der Waals surface area contributed by atoms with E-state index in [-0.39, 0.29) is 5.69 Å². The number of hydrogen-bond donors (Lipinski definition) is 2. The number of rotatable bonds is 2. The highest BCUT2D eigenvalue weighted by molar-refractivity contribution is 5.89. The predicted octanol–water partition coefficient (Wildman–Crippen LogP) is 2.66. The van der Waals surface area contributed by atoms with Crippen LogP contribution in [0.4, 0.5) is 16.2 Å². The standard InChI is InChI=1S/C14H11N3O3/c15-14(18)16-10-1-3-12-8(6-10)5-9-7-11(17(19)20)2-4-13(9)12/h1-4,6-7H,5H2,(H3,15,16,18). The molecule has 0 saturated carbocycles. The van der Waals surface area contributed by atoms with E-state index >= 15 is 0 Å². The minimum Gasteiger partial charge on any atom is -0.351 e. The fourth-order valence-corrected chi connectivity index (χ4v) is 2.53. The molecule has 6 heteroatoms. The van der Waals surface area contributed by atoms with Gasteiger partial charge in [0.2, 0.25) is 0 Å². The molecule has 2 aromatic carbocycles. The van der Waals surface area contributed by atoms with E-state index in [0.29, 0.717) is 12.1 Å². The molecule has 1 aliphatic carbocycles. The maximum absolute atomic E-state index is 10.8. The van der Waals surface area contributed by atoms with Crippen LogP contribution >= 0.6 is 0 Å². The second-order valence-corrected chi connectivity index (χ2v) is 4.64. The average molecular weight is 269 g/mol. The van der Waals surface area contributed by atoms with Crippen LogP contribution in [0.3, 0.4) is 0 Å². The SMILES string of the molecule is NC(=O)Nc1ccc2c(c1)Cc1cc([N+](=O)[O-])ccc1-2. The summed E-state index contributed by atoms with van der Waals surface area (Å²) >= 11 is 0. The molecule has 2 amide bonds. The fraction of sp³-hybridized carbons (Fsp3) is 0.0714. The molecule has 0 unspecified atom stereocenters. The summed E-state index contributed by atoms with van der Waals surface area (Å²) in [6.07, 6.45) is 0.612. The molecule has 0 radical (unpaired) electrons. The van der Waals surface area contributed by atoms with Gasteiger partial charge in [0.05, 0.1) is 4.92 Å². The number of benzene rings is 2. The van der Waals surface area contributed by atoms with Crippen molar-refractivity contribution >= 4 is 17.4 Å². The number of nitrogens with two attached hydrogens (primary N) is 1. The van der Waals surface area contributed by atoms with E-state index in [1.54, 1.807) is 18.2 Å². The van der Waals surface area contributed by atoms with E-state index in [9.17, 15) is 14.9 Å². The number of carbonyl (C=O) groups excluding carboxylic acids is 1. The van der Waals surface area contributed by atoms with Gasteiger partial charge in [-0.05, 0) is 46.9 Å². The van der Waals surface area contributed by atoms with Gasteiger partial charge in [0.15, 0.2) is 0 Å². The number of amides is 2. The Kier molecular flexibility index (Phi) is 2.64. The van der Waals surface area contributed by atoms with E-state index in [4.69, 9.17) is 5.73 Å². The van der Waals surface area contributed by atoms with Crippen LogP contribution in [0.15, 0.2) is 36.4 Å². The highest BCUT2D eigenvalue weighted by Crippen LogP contribution is 2.39. The number of nitro groups is 1. The minimum atomic E-state index is -0.615. The van der Waals surface area contributed by atoms with Crippen molar-refractivity contribution < 1.29 is 9.72 Å². The van der Waals surface area contributed by atoms with Gasteiger partial charge in [-0.1, -0.05) is 6.07 Å². The van der Waals surface area contributed by atoms with Crippen LogP contribution in [0.2, 0.25) is 0 Å². The molecule has 6 nitrogen and oxygen atoms in total. The number of non-ortho nitro benzene ring substituents is 1. The number of nitrogens with zero attached hydrogens (tertiary/aromatic N) is 1. The molecule has 0 bridgehead atoms. The number of carbonyl (C=O) groups is 1. The number of primary amides is 1. The van der Waals surface area contributed by atoms with Crippen LogP contribution in [0.25, 0.3) is 11.1 Å². The van der Waals surface area contributed by atoms with Crippen LogP contribution in [0, 0.1) is 10.1 Å². The summed E-state index contributed by atoms with van der Waals surface area (Å²) in [5.41, 5.74) is 9.77. The topological polar surface area (TPSA) is 98.3 Å². The van der Waals surface area contributed by atoms with Crippen LogP contribution < -0.4 is 11.1 Å². The van der Waals surface area contributed by atoms with Gasteiger partial charge < -0.3 is 11.1 Å². The molecule has 0 spiro atoms. The van der Waals surface area contributed by atoms with Crippen molar-refractivity contribution in [3.63, 3.8) is 0 Å². The van der Waals surface area contributed by atoms with Crippen molar-refractivity contribution in [2.75, 3.05) is 5.32 Å². The summed E-state index contributed by atoms with van der Waals surface area (Å²) in [5.74, 6) is 0. The van der Waals surface area contributed by atoms with Gasteiger partial charge in [0.1, 0.15) is 0 Å². The zero-order valence-electron chi connectivity index (χ0n) is 10.4. The third-order valence-electron chi connectivity index (χ3n) is 3.34. The van der Waals surface area contributed by atoms with E-state index in [2.05, 4.69) is 5.32 Å². The Morgan fingerprint density at radius 1 is 1.15 bits per heavy atom. The Morgan fingerprint density at radius 2 is 1.80 bits per heavy atom. The molecule has 1 aliphatic rings. The second-order valence-electron chi connectivity index (χ2n) is 4.64. The highest BCUT2D eigenvalue weighted by Gasteiger charge is 2.21. The van der Waals surface area contributed by atoms with Gasteiger partial charge in [0, 0.05) is 17.8 Å². The summed E-state index contributed by atoms with van der Waals surface area (Å²) < 4.78 is 0. The minimum absolute atomic E-state index is 0.0899. The van der Waals surface area contributed by atoms with Gasteiger partial charge in [-0.2, -0.15) is 0 Å². The van der Waals surface area contributed by atoms with Crippen molar-refractivity contribution in [3.05, 3.63) is 57.6 Å². The van der Waals surface area contributed by atoms with Gasteiger partial charge in [-0.15, -0.1) is 0 Å². The van der Waals surface area contributed by atoms with Gasteiger partial charge in [-0.25, -0.2) is 4.79 Å². The molecule has 0 aliphatic heterocycles. The molecule has 0 aromatic heterocycles. The predicted molar refractivity (Wildman–Crippen MR) is 74.5 cm³/mol. The number of hydrogen-bond acceptors (Lipinski definition) is 3. The zero-order valence-corrected chi connectivity index (χ0v) is 10.4. The Hall–Kier alpha value is -2.89. The average Bonchev–Trinajstić information content (AvgIpc) is 2.74. The molecule has 0 saturated heterocycles. The lowest BCUT2D eigenvalue weighted by atomic mass is 10.1. The Bertz CT molecular complexity index is 740. The van der Waals surface area contributed by atoms with Crippen LogP contribution in [0.5, 0.6) is 0 Å². The van der Waals surface area contributed by atoms with E-state index in [1.807, 2.05) is 12.1 Å². The lowest BCUT2D eigenvalue weighted by Crippen LogP contribution is -2.19. The molecule has 20 heavy (non-hydrogen) atoms. The Labute approximate surface area is 114 Å². The summed E-state index contributed by atoms with van der Waals surface area (Å²) in [6.45, 7) is 0. The molecule has 3 rings (SSSR count). The molecule has 0 fully saturated rings. The normalized spacial score (nSPS) is 11.6. The first kappa shape index (κ1) is 12.2. The molecule has 2 aromatic rings. The largest absolute Gasteiger partial charge is 0.351 e. The van der Waals surface area contributed by atoms with Crippen LogP contribution in [0.1, 0.15) is 11.1 Å². The first-order valence-electron chi connectivity index (χ1n) is 6.01. The third kappa shape index (κ3) is 1.97. The number of nitrogens with one attached hydrogen (secondary N) is 1. The van der Waals surface area contributed by atoms with E-state index < -0.39 is 11.0 Å². The fourth-order valence-electron chi connectivity index (χ4n) is 2.53. The number of nitro benzene ring substituents is 1. The summed E-state index contributed by atoms with van der Waals surface area (Å²) in [4.78, 5) is 21.2. The van der Waals surface area contributed by atoms with Gasteiger partial charge in [-0.3, -0.25) is 10.1 Å². The maximum atomic E-state index is 10.8. The van der Waals surface area contributed by atoms with Crippen molar-refractivity contribution in [2.24, 2.45) is 5.73 Å². The van der Waals surface area contributed by atoms with E-state index in [0.717, 1.165) is 22.3 Å². The molecular weight excluding hydrogens is 258 g/mol. The molecule has 0 heterocycles. The molecular formula is C14H11N3O3. The quantitative estimate of drug-likeness (QED) is 0.552. The van der Waals surface area contributed by atoms with Crippen LogP contribution in [-0.4, -0.2) is 11.0 Å². The first-order chi connectivity index (χ1) is 9.54. The van der Waals surface area contributed by atoms with Gasteiger partial charge >= 0.3 is 6.03 Å². The van der Waals surface area contributed by atoms with E-state index in [1.165, 1.54) is 6.07 Å². The van der Waals surface area contributed by atoms with Crippen LogP contribution in [-0.2, 0) is 6.42 Å². The van der Waals surface area contributed by atoms with Crippen molar-refractivity contribution in [2.45, 2.75) is 6.42 Å². The third-order valence-corrected chi connectivity index (χ3v) is 3.34. The summed E-state index contributed by atoms with van der Waals surface area (Å²) in [7, 11) is 0. The summed E-state index contributed by atoms with van der Waals surface area (Å²) in [6, 6.07) is 9.74. The number of fused-ring (bicyclic) bond motifs is 3. The first-order valence-corrected chi connectivity index (χ1v) is 6.01. The number of anilines is 1. The Morgan fingerprint density at radius 3 is 2.45 bits per heavy atom. The van der Waals surface area contributed by atoms with Gasteiger partial charge in [0.25, 0.3) is 5.69 Å². The lowest BCUT2D eigenvalue weighted by molar-refractivity contribution is -0.384. The summed E-state index contributed by atoms with van der Waals surface area (Å²) in [5, 5.41) is 13.3. The second kappa shape index (κ2) is 4.34. The van der Waals surface area contributed by atoms with Crippen molar-refractivity contribution in [1.82, 2.24) is 0 Å². The van der Waals surface area contributed by atoms with Crippen molar-refractivity contribution in [1.29, 1.82) is 0 Å². The highest BCUT2D eigenvalue weighted by atomic mass is 16.6. The van der Waals surface area contributed by atoms with Crippen molar-refractivity contribution in [3.8, 4) is 11.1 Å². The zero-order chi connectivity index (χ0) is 14.3. The Balaban J connectivity index is 2.01. The monoisotopic (exact) mass is 269 g/mol. The maximum Gasteiger partial charge on any atom is 0.316 e. The lowest BCUT2D eigenvalue weighted by Gasteiger charge is -2.05. The number of urea groups is 1. The smallest absolute Gasteiger partial charge is 0.316 e. The molecule has 0 atom stereocenters. The molecule has 3 N–H and O–H groups in total. The molecule has 100 valence electrons.